The predicted octanol–water partition coefficient (Wildman–Crippen LogP) is 2.62. The molecule has 1 aromatic carbocycles. The fraction of sp³-hybridized carbons (Fsp3) is 0.300. The van der Waals surface area contributed by atoms with Gasteiger partial charge < -0.3 is 15.2 Å². The van der Waals surface area contributed by atoms with Crippen molar-refractivity contribution in [1.29, 1.82) is 0 Å². The van der Waals surface area contributed by atoms with Gasteiger partial charge in [-0.2, -0.15) is 0 Å². The Hall–Kier alpha value is -2.82. The molecule has 25 heavy (non-hydrogen) atoms. The summed E-state index contributed by atoms with van der Waals surface area (Å²) in [5.74, 6) is -0.398. The van der Waals surface area contributed by atoms with Crippen molar-refractivity contribution in [2.45, 2.75) is 32.9 Å². The van der Waals surface area contributed by atoms with E-state index in [1.54, 1.807) is 16.8 Å². The van der Waals surface area contributed by atoms with Crippen LogP contribution in [0.5, 0.6) is 0 Å². The molecule has 1 atom stereocenters. The number of hydrogen-bond acceptors (Lipinski definition) is 3. The first-order chi connectivity index (χ1) is 12.0. The van der Waals surface area contributed by atoms with Gasteiger partial charge in [0.25, 0.3) is 11.5 Å². The number of aromatic nitrogens is 1. The van der Waals surface area contributed by atoms with Crippen LogP contribution in [0.25, 0.3) is 5.70 Å². The number of amides is 1. The highest BCUT2D eigenvalue weighted by atomic mass is 16.2. The molecule has 0 radical (unpaired) electrons. The van der Waals surface area contributed by atoms with E-state index < -0.39 is 5.91 Å². The Morgan fingerprint density at radius 1 is 1.28 bits per heavy atom. The molecular formula is C20H25N3O2. The SMILES string of the molecule is C=C(N[C@H](C)CC)c1cc(C(=O)NC)c(=O)n(Cc2ccccc2)c1. The standard InChI is InChI=1S/C20H25N3O2/c1-5-14(2)22-15(3)17-11-18(19(24)21-4)20(25)23(13-17)12-16-9-7-6-8-10-16/h6-11,13-14,22H,3,5,12H2,1-2,4H3,(H,21,24)/t14-/m1/s1. The van der Waals surface area contributed by atoms with Crippen molar-refractivity contribution in [3.05, 3.63) is 76.2 Å². The van der Waals surface area contributed by atoms with E-state index in [1.165, 1.54) is 7.05 Å². The molecule has 0 bridgehead atoms. The number of nitrogens with zero attached hydrogens (tertiary/aromatic N) is 1. The number of pyridine rings is 1. The summed E-state index contributed by atoms with van der Waals surface area (Å²) in [4.78, 5) is 24.8. The molecule has 0 aliphatic rings. The van der Waals surface area contributed by atoms with Crippen molar-refractivity contribution in [1.82, 2.24) is 15.2 Å². The maximum absolute atomic E-state index is 12.7. The van der Waals surface area contributed by atoms with Crippen molar-refractivity contribution >= 4 is 11.6 Å². The largest absolute Gasteiger partial charge is 0.383 e. The van der Waals surface area contributed by atoms with Gasteiger partial charge in [0, 0.05) is 30.5 Å². The van der Waals surface area contributed by atoms with Gasteiger partial charge in [-0.1, -0.05) is 43.8 Å². The summed E-state index contributed by atoms with van der Waals surface area (Å²) >= 11 is 0. The Morgan fingerprint density at radius 2 is 1.96 bits per heavy atom. The van der Waals surface area contributed by atoms with Gasteiger partial charge in [-0.05, 0) is 25.0 Å². The zero-order valence-corrected chi connectivity index (χ0v) is 15.0. The van der Waals surface area contributed by atoms with Crippen molar-refractivity contribution in [2.24, 2.45) is 0 Å². The number of benzene rings is 1. The minimum absolute atomic E-state index is 0.114. The van der Waals surface area contributed by atoms with Crippen LogP contribution in [-0.2, 0) is 6.54 Å². The first-order valence-corrected chi connectivity index (χ1v) is 8.42. The number of hydrogen-bond donors (Lipinski definition) is 2. The summed E-state index contributed by atoms with van der Waals surface area (Å²) in [6.07, 6.45) is 2.70. The Balaban J connectivity index is 2.46. The molecule has 0 saturated heterocycles. The highest BCUT2D eigenvalue weighted by molar-refractivity contribution is 5.94. The maximum atomic E-state index is 12.7. The summed E-state index contributed by atoms with van der Waals surface area (Å²) in [6.45, 7) is 8.60. The molecule has 5 heteroatoms. The van der Waals surface area contributed by atoms with Crippen LogP contribution in [0.1, 0.15) is 41.8 Å². The van der Waals surface area contributed by atoms with Crippen LogP contribution in [0.3, 0.4) is 0 Å². The number of carbonyl (C=O) groups excluding carboxylic acids is 1. The molecule has 0 spiro atoms. The molecule has 0 saturated carbocycles. The second-order valence-corrected chi connectivity index (χ2v) is 6.07. The lowest BCUT2D eigenvalue weighted by Crippen LogP contribution is -2.32. The van der Waals surface area contributed by atoms with Gasteiger partial charge >= 0.3 is 0 Å². The second-order valence-electron chi connectivity index (χ2n) is 6.07. The quantitative estimate of drug-likeness (QED) is 0.815. The summed E-state index contributed by atoms with van der Waals surface area (Å²) in [5.41, 5.74) is 2.21. The zero-order chi connectivity index (χ0) is 18.4. The van der Waals surface area contributed by atoms with Gasteiger partial charge in [0.1, 0.15) is 5.56 Å². The van der Waals surface area contributed by atoms with Crippen molar-refractivity contribution in [3.63, 3.8) is 0 Å². The summed E-state index contributed by atoms with van der Waals surface area (Å²) in [7, 11) is 1.52. The van der Waals surface area contributed by atoms with E-state index in [0.29, 0.717) is 12.2 Å². The van der Waals surface area contributed by atoms with E-state index in [9.17, 15) is 9.59 Å². The Labute approximate surface area is 148 Å². The Bertz CT molecular complexity index is 809. The van der Waals surface area contributed by atoms with Crippen molar-refractivity contribution in [3.8, 4) is 0 Å². The molecule has 0 aliphatic heterocycles. The van der Waals surface area contributed by atoms with E-state index in [1.807, 2.05) is 30.3 Å². The van der Waals surface area contributed by atoms with E-state index in [0.717, 1.165) is 17.5 Å². The smallest absolute Gasteiger partial charge is 0.263 e. The van der Waals surface area contributed by atoms with E-state index in [-0.39, 0.29) is 17.2 Å². The summed E-state index contributed by atoms with van der Waals surface area (Å²) in [6, 6.07) is 11.5. The van der Waals surface area contributed by atoms with Gasteiger partial charge in [-0.3, -0.25) is 9.59 Å². The van der Waals surface area contributed by atoms with Crippen LogP contribution in [0.4, 0.5) is 0 Å². The molecule has 1 amide bonds. The molecule has 0 unspecified atom stereocenters. The summed E-state index contributed by atoms with van der Waals surface area (Å²) < 4.78 is 1.55. The monoisotopic (exact) mass is 339 g/mol. The van der Waals surface area contributed by atoms with Gasteiger partial charge in [-0.15, -0.1) is 0 Å². The maximum Gasteiger partial charge on any atom is 0.263 e. The number of rotatable bonds is 7. The molecule has 0 aliphatic carbocycles. The highest BCUT2D eigenvalue weighted by Crippen LogP contribution is 2.12. The van der Waals surface area contributed by atoms with Gasteiger partial charge in [0.05, 0.1) is 6.54 Å². The third-order valence-electron chi connectivity index (χ3n) is 4.13. The molecular weight excluding hydrogens is 314 g/mol. The van der Waals surface area contributed by atoms with Crippen molar-refractivity contribution < 1.29 is 4.79 Å². The fourth-order valence-electron chi connectivity index (χ4n) is 2.48. The lowest BCUT2D eigenvalue weighted by Gasteiger charge is -2.18. The van der Waals surface area contributed by atoms with Gasteiger partial charge in [0.2, 0.25) is 0 Å². The molecule has 1 heterocycles. The van der Waals surface area contributed by atoms with Crippen LogP contribution in [0.2, 0.25) is 0 Å². The van der Waals surface area contributed by atoms with Crippen LogP contribution >= 0.6 is 0 Å². The first kappa shape index (κ1) is 18.5. The topological polar surface area (TPSA) is 63.1 Å². The molecule has 5 nitrogen and oxygen atoms in total. The molecule has 1 aromatic heterocycles. The van der Waals surface area contributed by atoms with Crippen LogP contribution in [0, 0.1) is 0 Å². The van der Waals surface area contributed by atoms with Crippen LogP contribution in [0.15, 0.2) is 54.0 Å². The Morgan fingerprint density at radius 3 is 2.56 bits per heavy atom. The fourth-order valence-corrected chi connectivity index (χ4v) is 2.48. The predicted molar refractivity (Wildman–Crippen MR) is 102 cm³/mol. The average Bonchev–Trinajstić information content (AvgIpc) is 2.63. The van der Waals surface area contributed by atoms with Gasteiger partial charge in [0.15, 0.2) is 0 Å². The minimum atomic E-state index is -0.398. The molecule has 2 aromatic rings. The normalized spacial score (nSPS) is 11.6. The highest BCUT2D eigenvalue weighted by Gasteiger charge is 2.15. The zero-order valence-electron chi connectivity index (χ0n) is 15.0. The third kappa shape index (κ3) is 4.59. The minimum Gasteiger partial charge on any atom is -0.383 e. The Kier molecular flexibility index (Phi) is 6.17. The first-order valence-electron chi connectivity index (χ1n) is 8.42. The van der Waals surface area contributed by atoms with E-state index in [2.05, 4.69) is 31.1 Å². The van der Waals surface area contributed by atoms with E-state index in [4.69, 9.17) is 0 Å². The number of carbonyl (C=O) groups is 1. The second kappa shape index (κ2) is 8.33. The molecule has 132 valence electrons. The molecule has 0 fully saturated rings. The average molecular weight is 339 g/mol. The number of nitrogens with one attached hydrogen (secondary N) is 2. The molecule has 2 rings (SSSR count). The molecule has 2 N–H and O–H groups in total. The van der Waals surface area contributed by atoms with Gasteiger partial charge in [-0.25, -0.2) is 0 Å². The van der Waals surface area contributed by atoms with Crippen LogP contribution in [-0.4, -0.2) is 23.6 Å². The lowest BCUT2D eigenvalue weighted by molar-refractivity contribution is 0.0961. The van der Waals surface area contributed by atoms with Crippen molar-refractivity contribution in [2.75, 3.05) is 7.05 Å². The summed E-state index contributed by atoms with van der Waals surface area (Å²) in [5, 5.41) is 5.83. The lowest BCUT2D eigenvalue weighted by atomic mass is 10.1. The van der Waals surface area contributed by atoms with Crippen LogP contribution < -0.4 is 16.2 Å². The third-order valence-corrected chi connectivity index (χ3v) is 4.13. The van der Waals surface area contributed by atoms with E-state index >= 15 is 0 Å².